The lowest BCUT2D eigenvalue weighted by Gasteiger charge is -2.27. The summed E-state index contributed by atoms with van der Waals surface area (Å²) in [4.78, 5) is 12.6. The minimum atomic E-state index is -3.93. The van der Waals surface area contributed by atoms with Crippen LogP contribution in [0.15, 0.2) is 41.3 Å². The number of amides is 1. The number of anilines is 1. The highest BCUT2D eigenvalue weighted by Gasteiger charge is 2.31. The van der Waals surface area contributed by atoms with Crippen LogP contribution < -0.4 is 14.8 Å². The predicted molar refractivity (Wildman–Crippen MR) is 103 cm³/mol. The summed E-state index contributed by atoms with van der Waals surface area (Å²) in [6.07, 6.45) is 0. The highest BCUT2D eigenvalue weighted by molar-refractivity contribution is 7.89. The fourth-order valence-corrected chi connectivity index (χ4v) is 4.51. The molecule has 2 aromatic rings. The maximum atomic E-state index is 13.4. The highest BCUT2D eigenvalue weighted by atomic mass is 32.2. The Hall–Kier alpha value is -2.69. The Labute approximate surface area is 168 Å². The van der Waals surface area contributed by atoms with Crippen LogP contribution in [0.1, 0.15) is 10.4 Å². The summed E-state index contributed by atoms with van der Waals surface area (Å²) >= 11 is 0. The monoisotopic (exact) mass is 424 g/mol. The van der Waals surface area contributed by atoms with Crippen LogP contribution in [0.5, 0.6) is 11.5 Å². The first kappa shape index (κ1) is 21.0. The number of hydrogen-bond donors (Lipinski definition) is 1. The van der Waals surface area contributed by atoms with Gasteiger partial charge in [-0.25, -0.2) is 12.8 Å². The van der Waals surface area contributed by atoms with Gasteiger partial charge in [-0.3, -0.25) is 4.79 Å². The van der Waals surface area contributed by atoms with Crippen molar-refractivity contribution in [2.75, 3.05) is 45.8 Å². The van der Waals surface area contributed by atoms with Gasteiger partial charge in [0.15, 0.2) is 0 Å². The maximum absolute atomic E-state index is 13.4. The normalized spacial score (nSPS) is 15.0. The molecule has 0 bridgehead atoms. The van der Waals surface area contributed by atoms with Gasteiger partial charge < -0.3 is 19.5 Å². The van der Waals surface area contributed by atoms with Crippen molar-refractivity contribution < 1.29 is 31.8 Å². The van der Waals surface area contributed by atoms with Crippen molar-refractivity contribution in [3.63, 3.8) is 0 Å². The minimum absolute atomic E-state index is 0.0237. The molecule has 1 amide bonds. The number of rotatable bonds is 6. The van der Waals surface area contributed by atoms with E-state index in [4.69, 9.17) is 14.2 Å². The van der Waals surface area contributed by atoms with Gasteiger partial charge in [0.25, 0.3) is 5.91 Å². The van der Waals surface area contributed by atoms with E-state index in [1.54, 1.807) is 0 Å². The standard InChI is InChI=1S/C19H21FN2O6S/c1-26-16-12-17(27-2)18(29(24,25)22-6-8-28-9-7-22)11-15(16)19(23)21-14-5-3-4-13(20)10-14/h3-5,10-12H,6-9H2,1-2H3,(H,21,23). The van der Waals surface area contributed by atoms with Crippen LogP contribution in [-0.2, 0) is 14.8 Å². The molecule has 0 spiro atoms. The van der Waals surface area contributed by atoms with Crippen LogP contribution in [0, 0.1) is 5.82 Å². The SMILES string of the molecule is COc1cc(OC)c(S(=O)(=O)N2CCOCC2)cc1C(=O)Nc1cccc(F)c1. The van der Waals surface area contributed by atoms with E-state index in [9.17, 15) is 17.6 Å². The molecule has 0 aromatic heterocycles. The fraction of sp³-hybridized carbons (Fsp3) is 0.316. The van der Waals surface area contributed by atoms with E-state index in [1.165, 1.54) is 48.9 Å². The van der Waals surface area contributed by atoms with Crippen LogP contribution in [-0.4, -0.2) is 59.2 Å². The summed E-state index contributed by atoms with van der Waals surface area (Å²) < 4.78 is 56.6. The molecule has 0 atom stereocenters. The average Bonchev–Trinajstić information content (AvgIpc) is 2.73. The fourth-order valence-electron chi connectivity index (χ4n) is 2.94. The molecule has 10 heteroatoms. The lowest BCUT2D eigenvalue weighted by Crippen LogP contribution is -2.40. The van der Waals surface area contributed by atoms with Gasteiger partial charge in [-0.1, -0.05) is 6.07 Å². The van der Waals surface area contributed by atoms with Crippen LogP contribution in [0.3, 0.4) is 0 Å². The molecule has 1 heterocycles. The van der Waals surface area contributed by atoms with Crippen LogP contribution in [0.2, 0.25) is 0 Å². The number of carbonyl (C=O) groups is 1. The molecule has 8 nitrogen and oxygen atoms in total. The Bertz CT molecular complexity index is 1010. The van der Waals surface area contributed by atoms with Gasteiger partial charge in [0.05, 0.1) is 33.0 Å². The van der Waals surface area contributed by atoms with Crippen LogP contribution in [0.25, 0.3) is 0 Å². The van der Waals surface area contributed by atoms with Gasteiger partial charge in [-0.15, -0.1) is 0 Å². The number of halogens is 1. The number of morpholine rings is 1. The van der Waals surface area contributed by atoms with Gasteiger partial charge in [-0.05, 0) is 24.3 Å². The topological polar surface area (TPSA) is 94.2 Å². The molecule has 1 saturated heterocycles. The molecular formula is C19H21FN2O6S. The average molecular weight is 424 g/mol. The summed E-state index contributed by atoms with van der Waals surface area (Å²) in [5.41, 5.74) is 0.204. The summed E-state index contributed by atoms with van der Waals surface area (Å²) in [5.74, 6) is -0.985. The smallest absolute Gasteiger partial charge is 0.259 e. The van der Waals surface area contributed by atoms with Gasteiger partial charge in [0.1, 0.15) is 22.2 Å². The largest absolute Gasteiger partial charge is 0.496 e. The third-order valence-corrected chi connectivity index (χ3v) is 6.32. The number of benzene rings is 2. The molecule has 0 aliphatic carbocycles. The van der Waals surface area contributed by atoms with Crippen LogP contribution in [0.4, 0.5) is 10.1 Å². The van der Waals surface area contributed by atoms with E-state index < -0.39 is 21.7 Å². The van der Waals surface area contributed by atoms with E-state index in [1.807, 2.05) is 0 Å². The zero-order valence-electron chi connectivity index (χ0n) is 16.0. The van der Waals surface area contributed by atoms with E-state index in [0.717, 1.165) is 6.07 Å². The third kappa shape index (κ3) is 4.50. The molecule has 29 heavy (non-hydrogen) atoms. The molecule has 0 saturated carbocycles. The van der Waals surface area contributed by atoms with Crippen molar-refractivity contribution in [2.24, 2.45) is 0 Å². The first-order valence-corrected chi connectivity index (χ1v) is 10.2. The number of hydrogen-bond acceptors (Lipinski definition) is 6. The number of ether oxygens (including phenoxy) is 3. The van der Waals surface area contributed by atoms with Crippen molar-refractivity contribution in [1.29, 1.82) is 0 Å². The predicted octanol–water partition coefficient (Wildman–Crippen LogP) is 2.12. The number of nitrogens with zero attached hydrogens (tertiary/aromatic N) is 1. The quantitative estimate of drug-likeness (QED) is 0.764. The lowest BCUT2D eigenvalue weighted by molar-refractivity contribution is 0.0729. The first-order chi connectivity index (χ1) is 13.9. The maximum Gasteiger partial charge on any atom is 0.259 e. The molecule has 3 rings (SSSR count). The Morgan fingerprint density at radius 1 is 1.10 bits per heavy atom. The van der Waals surface area contributed by atoms with E-state index >= 15 is 0 Å². The van der Waals surface area contributed by atoms with E-state index in [0.29, 0.717) is 0 Å². The Morgan fingerprint density at radius 2 is 1.79 bits per heavy atom. The van der Waals surface area contributed by atoms with Crippen molar-refractivity contribution in [3.8, 4) is 11.5 Å². The molecule has 1 fully saturated rings. The molecule has 1 N–H and O–H groups in total. The van der Waals surface area contributed by atoms with Gasteiger partial charge in [0, 0.05) is 24.8 Å². The zero-order chi connectivity index (χ0) is 21.0. The molecule has 156 valence electrons. The molecule has 0 unspecified atom stereocenters. The second kappa shape index (κ2) is 8.76. The van der Waals surface area contributed by atoms with Gasteiger partial charge in [0.2, 0.25) is 10.0 Å². The summed E-state index contributed by atoms with van der Waals surface area (Å²) in [7, 11) is -1.25. The van der Waals surface area contributed by atoms with Gasteiger partial charge >= 0.3 is 0 Å². The van der Waals surface area contributed by atoms with Crippen molar-refractivity contribution in [2.45, 2.75) is 4.90 Å². The number of sulfonamides is 1. The zero-order valence-corrected chi connectivity index (χ0v) is 16.8. The second-order valence-corrected chi connectivity index (χ2v) is 8.09. The van der Waals surface area contributed by atoms with E-state index in [-0.39, 0.29) is 53.9 Å². The third-order valence-electron chi connectivity index (χ3n) is 4.40. The number of carbonyl (C=O) groups excluding carboxylic acids is 1. The van der Waals surface area contributed by atoms with E-state index in [2.05, 4.69) is 5.32 Å². The summed E-state index contributed by atoms with van der Waals surface area (Å²) in [5, 5.41) is 2.54. The molecule has 1 aliphatic rings. The van der Waals surface area contributed by atoms with Gasteiger partial charge in [-0.2, -0.15) is 4.31 Å². The highest BCUT2D eigenvalue weighted by Crippen LogP contribution is 2.34. The Balaban J connectivity index is 2.02. The van der Waals surface area contributed by atoms with Crippen LogP contribution >= 0.6 is 0 Å². The molecule has 0 radical (unpaired) electrons. The molecular weight excluding hydrogens is 403 g/mol. The molecule has 2 aromatic carbocycles. The lowest BCUT2D eigenvalue weighted by atomic mass is 10.1. The minimum Gasteiger partial charge on any atom is -0.496 e. The summed E-state index contributed by atoms with van der Waals surface area (Å²) in [6.45, 7) is 0.958. The van der Waals surface area contributed by atoms with Crippen molar-refractivity contribution in [1.82, 2.24) is 4.31 Å². The first-order valence-electron chi connectivity index (χ1n) is 8.77. The molecule has 1 aliphatic heterocycles. The Kier molecular flexibility index (Phi) is 6.36. The van der Waals surface area contributed by atoms with Crippen molar-refractivity contribution in [3.05, 3.63) is 47.8 Å². The summed E-state index contributed by atoms with van der Waals surface area (Å²) in [6, 6.07) is 7.91. The number of nitrogens with one attached hydrogen (secondary N) is 1. The number of methoxy groups -OCH3 is 2. The second-order valence-electron chi connectivity index (χ2n) is 6.18. The Morgan fingerprint density at radius 3 is 2.41 bits per heavy atom. The van der Waals surface area contributed by atoms with Crippen molar-refractivity contribution >= 4 is 21.6 Å².